The van der Waals surface area contributed by atoms with Crippen LogP contribution < -0.4 is 10.6 Å². The summed E-state index contributed by atoms with van der Waals surface area (Å²) in [6.45, 7) is 2.20. The van der Waals surface area contributed by atoms with Crippen molar-refractivity contribution < 1.29 is 9.66 Å². The lowest BCUT2D eigenvalue weighted by Crippen LogP contribution is -2.45. The first-order chi connectivity index (χ1) is 9.15. The van der Waals surface area contributed by atoms with E-state index < -0.39 is 4.92 Å². The normalized spacial score (nSPS) is 18.9. The van der Waals surface area contributed by atoms with Crippen LogP contribution in [0, 0.1) is 21.4 Å². The van der Waals surface area contributed by atoms with E-state index >= 15 is 0 Å². The van der Waals surface area contributed by atoms with Gasteiger partial charge in [0.05, 0.1) is 17.6 Å². The predicted molar refractivity (Wildman–Crippen MR) is 68.8 cm³/mol. The second-order valence-electron chi connectivity index (χ2n) is 4.24. The summed E-state index contributed by atoms with van der Waals surface area (Å²) in [5.41, 5.74) is 6.18. The van der Waals surface area contributed by atoms with Crippen molar-refractivity contribution in [2.45, 2.75) is 6.10 Å². The van der Waals surface area contributed by atoms with Gasteiger partial charge in [-0.05, 0) is 12.1 Å². The molecule has 1 aliphatic rings. The fourth-order valence-electron chi connectivity index (χ4n) is 2.06. The average molecular weight is 262 g/mol. The molecule has 0 aliphatic carbocycles. The minimum absolute atomic E-state index is 0.0663. The highest BCUT2D eigenvalue weighted by molar-refractivity contribution is 5.60. The lowest BCUT2D eigenvalue weighted by molar-refractivity contribution is -0.385. The van der Waals surface area contributed by atoms with Gasteiger partial charge in [-0.2, -0.15) is 5.26 Å². The third-order valence-electron chi connectivity index (χ3n) is 3.07. The van der Waals surface area contributed by atoms with Crippen LogP contribution in [0.25, 0.3) is 0 Å². The van der Waals surface area contributed by atoms with Crippen molar-refractivity contribution >= 4 is 11.4 Å². The second-order valence-corrected chi connectivity index (χ2v) is 4.24. The maximum atomic E-state index is 10.9. The number of nitrogens with zero attached hydrogens (tertiary/aromatic N) is 3. The molecule has 1 heterocycles. The lowest BCUT2D eigenvalue weighted by Gasteiger charge is -2.33. The summed E-state index contributed by atoms with van der Waals surface area (Å²) in [4.78, 5) is 12.4. The van der Waals surface area contributed by atoms with Gasteiger partial charge in [-0.25, -0.2) is 0 Å². The van der Waals surface area contributed by atoms with Crippen molar-refractivity contribution in [3.8, 4) is 6.07 Å². The first kappa shape index (κ1) is 13.3. The third-order valence-corrected chi connectivity index (χ3v) is 3.07. The minimum atomic E-state index is -0.539. The van der Waals surface area contributed by atoms with Crippen LogP contribution in [0.1, 0.15) is 5.56 Å². The topological polar surface area (TPSA) is 105 Å². The van der Waals surface area contributed by atoms with Crippen LogP contribution >= 0.6 is 0 Å². The SMILES string of the molecule is N#Cc1ccc(N2CCOC(CN)C2)cc1[N+](=O)[O-]. The largest absolute Gasteiger partial charge is 0.373 e. The van der Waals surface area contributed by atoms with Gasteiger partial charge in [0.15, 0.2) is 0 Å². The molecule has 1 unspecified atom stereocenters. The molecule has 0 radical (unpaired) electrons. The lowest BCUT2D eigenvalue weighted by atomic mass is 10.1. The first-order valence-corrected chi connectivity index (χ1v) is 5.91. The summed E-state index contributed by atoms with van der Waals surface area (Å²) in [5.74, 6) is 0. The van der Waals surface area contributed by atoms with Crippen LogP contribution in [0.5, 0.6) is 0 Å². The number of rotatable bonds is 3. The zero-order valence-corrected chi connectivity index (χ0v) is 10.3. The molecule has 2 rings (SSSR count). The Hall–Kier alpha value is -2.17. The number of hydrogen-bond acceptors (Lipinski definition) is 6. The van der Waals surface area contributed by atoms with Gasteiger partial charge in [0, 0.05) is 31.4 Å². The molecule has 0 spiro atoms. The Bertz CT molecular complexity index is 526. The van der Waals surface area contributed by atoms with Gasteiger partial charge in [-0.1, -0.05) is 0 Å². The molecular formula is C12H14N4O3. The quantitative estimate of drug-likeness (QED) is 0.632. The van der Waals surface area contributed by atoms with Crippen molar-refractivity contribution in [1.29, 1.82) is 5.26 Å². The number of benzene rings is 1. The highest BCUT2D eigenvalue weighted by atomic mass is 16.6. The van der Waals surface area contributed by atoms with E-state index in [0.29, 0.717) is 31.9 Å². The minimum Gasteiger partial charge on any atom is -0.373 e. The molecule has 1 aromatic carbocycles. The maximum Gasteiger partial charge on any atom is 0.289 e. The molecule has 19 heavy (non-hydrogen) atoms. The van der Waals surface area contributed by atoms with Crippen molar-refractivity contribution in [3.63, 3.8) is 0 Å². The van der Waals surface area contributed by atoms with Gasteiger partial charge >= 0.3 is 0 Å². The molecule has 0 saturated carbocycles. The van der Waals surface area contributed by atoms with E-state index in [1.807, 2.05) is 11.0 Å². The number of nitro groups is 1. The molecule has 100 valence electrons. The van der Waals surface area contributed by atoms with Gasteiger partial charge < -0.3 is 15.4 Å². The highest BCUT2D eigenvalue weighted by Gasteiger charge is 2.22. The van der Waals surface area contributed by atoms with Gasteiger partial charge in [0.1, 0.15) is 11.6 Å². The van der Waals surface area contributed by atoms with Crippen LogP contribution in [-0.2, 0) is 4.74 Å². The Labute approximate surface area is 110 Å². The zero-order chi connectivity index (χ0) is 13.8. The van der Waals surface area contributed by atoms with Crippen LogP contribution in [0.3, 0.4) is 0 Å². The Balaban J connectivity index is 2.28. The van der Waals surface area contributed by atoms with Gasteiger partial charge in [0.2, 0.25) is 0 Å². The number of morpholine rings is 1. The smallest absolute Gasteiger partial charge is 0.289 e. The molecule has 1 atom stereocenters. The van der Waals surface area contributed by atoms with E-state index in [1.54, 1.807) is 6.07 Å². The summed E-state index contributed by atoms with van der Waals surface area (Å²) < 4.78 is 5.45. The van der Waals surface area contributed by atoms with Gasteiger partial charge in [-0.15, -0.1) is 0 Å². The van der Waals surface area contributed by atoms with Crippen LogP contribution in [-0.4, -0.2) is 37.3 Å². The molecule has 7 heteroatoms. The van der Waals surface area contributed by atoms with Gasteiger partial charge in [0.25, 0.3) is 5.69 Å². The van der Waals surface area contributed by atoms with Crippen molar-refractivity contribution in [3.05, 3.63) is 33.9 Å². The van der Waals surface area contributed by atoms with E-state index in [-0.39, 0.29) is 17.4 Å². The molecular weight excluding hydrogens is 248 g/mol. The van der Waals surface area contributed by atoms with E-state index in [0.717, 1.165) is 0 Å². The maximum absolute atomic E-state index is 10.9. The number of nitriles is 1. The zero-order valence-electron chi connectivity index (χ0n) is 10.3. The standard InChI is InChI=1S/C12H14N4O3/c13-6-9-1-2-10(5-12(9)16(17)18)15-3-4-19-11(7-14)8-15/h1-2,5,11H,3-4,7-8,14H2. The summed E-state index contributed by atoms with van der Waals surface area (Å²) in [6.07, 6.45) is -0.0663. The van der Waals surface area contributed by atoms with Crippen LogP contribution in [0.4, 0.5) is 11.4 Å². The van der Waals surface area contributed by atoms with Crippen molar-refractivity contribution in [2.24, 2.45) is 5.73 Å². The second kappa shape index (κ2) is 5.65. The molecule has 1 fully saturated rings. The number of nitrogens with two attached hydrogens (primary N) is 1. The average Bonchev–Trinajstić information content (AvgIpc) is 2.46. The predicted octanol–water partition coefficient (Wildman–Crippen LogP) is 0.630. The number of ether oxygens (including phenoxy) is 1. The Morgan fingerprint density at radius 3 is 3.05 bits per heavy atom. The molecule has 1 saturated heterocycles. The Morgan fingerprint density at radius 2 is 2.42 bits per heavy atom. The van der Waals surface area contributed by atoms with Crippen LogP contribution in [0.15, 0.2) is 18.2 Å². The molecule has 0 bridgehead atoms. The van der Waals surface area contributed by atoms with Crippen LogP contribution in [0.2, 0.25) is 0 Å². The summed E-state index contributed by atoms with van der Waals surface area (Å²) in [7, 11) is 0. The first-order valence-electron chi connectivity index (χ1n) is 5.91. The molecule has 2 N–H and O–H groups in total. The fraction of sp³-hybridized carbons (Fsp3) is 0.417. The van der Waals surface area contributed by atoms with E-state index in [1.165, 1.54) is 12.1 Å². The van der Waals surface area contributed by atoms with E-state index in [2.05, 4.69) is 0 Å². The molecule has 7 nitrogen and oxygen atoms in total. The summed E-state index contributed by atoms with van der Waals surface area (Å²) in [5, 5.41) is 19.8. The number of nitro benzene ring substituents is 1. The molecule has 0 amide bonds. The monoisotopic (exact) mass is 262 g/mol. The Morgan fingerprint density at radius 1 is 1.63 bits per heavy atom. The summed E-state index contributed by atoms with van der Waals surface area (Å²) in [6, 6.07) is 6.44. The molecule has 1 aromatic rings. The fourth-order valence-corrected chi connectivity index (χ4v) is 2.06. The van der Waals surface area contributed by atoms with Crippen molar-refractivity contribution in [1.82, 2.24) is 0 Å². The Kier molecular flexibility index (Phi) is 3.94. The highest BCUT2D eigenvalue weighted by Crippen LogP contribution is 2.26. The molecule has 1 aliphatic heterocycles. The molecule has 0 aromatic heterocycles. The van der Waals surface area contributed by atoms with Gasteiger partial charge in [-0.3, -0.25) is 10.1 Å². The van der Waals surface area contributed by atoms with E-state index in [4.69, 9.17) is 15.7 Å². The van der Waals surface area contributed by atoms with E-state index in [9.17, 15) is 10.1 Å². The number of hydrogen-bond donors (Lipinski definition) is 1. The van der Waals surface area contributed by atoms with Crippen molar-refractivity contribution in [2.75, 3.05) is 31.1 Å². The summed E-state index contributed by atoms with van der Waals surface area (Å²) >= 11 is 0. The third kappa shape index (κ3) is 2.81. The number of anilines is 1.